The van der Waals surface area contributed by atoms with Crippen LogP contribution in [0, 0.1) is 0 Å². The van der Waals surface area contributed by atoms with Gasteiger partial charge in [0.2, 0.25) is 5.91 Å². The monoisotopic (exact) mass is 296 g/mol. The van der Waals surface area contributed by atoms with Gasteiger partial charge < -0.3 is 4.74 Å². The molecule has 0 saturated carbocycles. The topological polar surface area (TPSA) is 41.9 Å². The minimum Gasteiger partial charge on any atom is -0.379 e. The molecule has 0 aliphatic carbocycles. The summed E-state index contributed by atoms with van der Waals surface area (Å²) in [4.78, 5) is 11.7. The first-order valence-electron chi connectivity index (χ1n) is 5.29. The molecule has 0 N–H and O–H groups in total. The zero-order chi connectivity index (χ0) is 12.3. The van der Waals surface area contributed by atoms with Crippen LogP contribution in [0.1, 0.15) is 12.0 Å². The van der Waals surface area contributed by atoms with Crippen LogP contribution in [0.3, 0.4) is 0 Å². The van der Waals surface area contributed by atoms with Gasteiger partial charge in [0.05, 0.1) is 25.3 Å². The molecule has 0 fully saturated rings. The summed E-state index contributed by atoms with van der Waals surface area (Å²) in [6.07, 6.45) is 0.365. The maximum atomic E-state index is 11.7. The Morgan fingerprint density at radius 2 is 2.12 bits per heavy atom. The summed E-state index contributed by atoms with van der Waals surface area (Å²) in [6, 6.07) is 7.85. The van der Waals surface area contributed by atoms with Crippen molar-refractivity contribution in [2.24, 2.45) is 5.10 Å². The highest BCUT2D eigenvalue weighted by atomic mass is 79.9. The van der Waals surface area contributed by atoms with E-state index in [0.29, 0.717) is 19.6 Å². The molecule has 0 saturated heterocycles. The van der Waals surface area contributed by atoms with Gasteiger partial charge in [0.25, 0.3) is 0 Å². The van der Waals surface area contributed by atoms with Crippen molar-refractivity contribution in [1.29, 1.82) is 0 Å². The highest BCUT2D eigenvalue weighted by Gasteiger charge is 2.23. The van der Waals surface area contributed by atoms with Gasteiger partial charge in [-0.25, -0.2) is 5.01 Å². The standard InChI is InChI=1S/C12H13BrN2O2/c1-17-8-11-6-12(16)15(14-11)7-9-2-4-10(13)5-3-9/h2-5H,6-8H2,1H3. The number of hydrogen-bond donors (Lipinski definition) is 0. The minimum absolute atomic E-state index is 0.0277. The maximum Gasteiger partial charge on any atom is 0.248 e. The molecule has 0 unspecified atom stereocenters. The molecule has 1 aliphatic rings. The van der Waals surface area contributed by atoms with E-state index in [2.05, 4.69) is 21.0 Å². The summed E-state index contributed by atoms with van der Waals surface area (Å²) in [5.41, 5.74) is 1.85. The number of benzene rings is 1. The number of carbonyl (C=O) groups is 1. The van der Waals surface area contributed by atoms with Gasteiger partial charge in [-0.15, -0.1) is 0 Å². The first-order valence-corrected chi connectivity index (χ1v) is 6.08. The minimum atomic E-state index is 0.0277. The molecule has 17 heavy (non-hydrogen) atoms. The molecule has 1 amide bonds. The van der Waals surface area contributed by atoms with Gasteiger partial charge in [0, 0.05) is 11.6 Å². The van der Waals surface area contributed by atoms with E-state index in [9.17, 15) is 4.79 Å². The molecule has 1 aromatic carbocycles. The van der Waals surface area contributed by atoms with Gasteiger partial charge in [-0.1, -0.05) is 28.1 Å². The number of halogens is 1. The third kappa shape index (κ3) is 3.14. The first kappa shape index (κ1) is 12.3. The Morgan fingerprint density at radius 1 is 1.41 bits per heavy atom. The summed E-state index contributed by atoms with van der Waals surface area (Å²) in [5, 5.41) is 5.74. The van der Waals surface area contributed by atoms with Crippen LogP contribution in [0.4, 0.5) is 0 Å². The molecule has 90 valence electrons. The summed E-state index contributed by atoms with van der Waals surface area (Å²) in [5.74, 6) is 0.0277. The smallest absolute Gasteiger partial charge is 0.248 e. The Hall–Kier alpha value is -1.20. The molecule has 1 aromatic rings. The summed E-state index contributed by atoms with van der Waals surface area (Å²) in [7, 11) is 1.60. The average molecular weight is 297 g/mol. The number of amides is 1. The van der Waals surface area contributed by atoms with Gasteiger partial charge in [0.15, 0.2) is 0 Å². The van der Waals surface area contributed by atoms with Crippen molar-refractivity contribution >= 4 is 27.5 Å². The van der Waals surface area contributed by atoms with Gasteiger partial charge >= 0.3 is 0 Å². The van der Waals surface area contributed by atoms with Crippen molar-refractivity contribution in [1.82, 2.24) is 5.01 Å². The number of rotatable bonds is 4. The van der Waals surface area contributed by atoms with Crippen LogP contribution in [-0.4, -0.2) is 30.3 Å². The second kappa shape index (κ2) is 5.42. The second-order valence-corrected chi connectivity index (χ2v) is 4.77. The van der Waals surface area contributed by atoms with Gasteiger partial charge in [0.1, 0.15) is 0 Å². The van der Waals surface area contributed by atoms with E-state index >= 15 is 0 Å². The molecular weight excluding hydrogens is 284 g/mol. The number of hydrazone groups is 1. The summed E-state index contributed by atoms with van der Waals surface area (Å²) >= 11 is 3.38. The van der Waals surface area contributed by atoms with Crippen LogP contribution >= 0.6 is 15.9 Å². The van der Waals surface area contributed by atoms with Crippen molar-refractivity contribution in [2.45, 2.75) is 13.0 Å². The zero-order valence-electron chi connectivity index (χ0n) is 9.52. The Bertz CT molecular complexity index is 442. The number of carbonyl (C=O) groups excluding carboxylic acids is 1. The number of methoxy groups -OCH3 is 1. The number of nitrogens with zero attached hydrogens (tertiary/aromatic N) is 2. The molecule has 0 spiro atoms. The van der Waals surface area contributed by atoms with Gasteiger partial charge in [-0.05, 0) is 17.7 Å². The molecule has 1 aliphatic heterocycles. The van der Waals surface area contributed by atoms with Crippen LogP contribution in [0.25, 0.3) is 0 Å². The van der Waals surface area contributed by atoms with Crippen LogP contribution < -0.4 is 0 Å². The Kier molecular flexibility index (Phi) is 3.91. The fourth-order valence-corrected chi connectivity index (χ4v) is 1.92. The molecule has 0 aromatic heterocycles. The van der Waals surface area contributed by atoms with Gasteiger partial charge in [-0.3, -0.25) is 4.79 Å². The third-order valence-electron chi connectivity index (χ3n) is 2.46. The fraction of sp³-hybridized carbons (Fsp3) is 0.333. The largest absolute Gasteiger partial charge is 0.379 e. The van der Waals surface area contributed by atoms with E-state index in [1.807, 2.05) is 24.3 Å². The highest BCUT2D eigenvalue weighted by Crippen LogP contribution is 2.16. The number of hydrogen-bond acceptors (Lipinski definition) is 3. The van der Waals surface area contributed by atoms with Crippen LogP contribution in [0.2, 0.25) is 0 Å². The first-order chi connectivity index (χ1) is 8.19. The van der Waals surface area contributed by atoms with Crippen molar-refractivity contribution in [3.63, 3.8) is 0 Å². The average Bonchev–Trinajstić information content (AvgIpc) is 2.63. The van der Waals surface area contributed by atoms with Crippen molar-refractivity contribution in [3.8, 4) is 0 Å². The van der Waals surface area contributed by atoms with E-state index in [1.165, 1.54) is 5.01 Å². The van der Waals surface area contributed by atoms with Crippen molar-refractivity contribution in [3.05, 3.63) is 34.3 Å². The van der Waals surface area contributed by atoms with E-state index in [1.54, 1.807) is 7.11 Å². The van der Waals surface area contributed by atoms with Crippen LogP contribution in [0.15, 0.2) is 33.8 Å². The Labute approximate surface area is 108 Å². The molecule has 2 rings (SSSR count). The van der Waals surface area contributed by atoms with Crippen LogP contribution in [-0.2, 0) is 16.1 Å². The van der Waals surface area contributed by atoms with E-state index in [4.69, 9.17) is 4.74 Å². The lowest BCUT2D eigenvalue weighted by molar-refractivity contribution is -0.129. The van der Waals surface area contributed by atoms with Crippen molar-refractivity contribution < 1.29 is 9.53 Å². The van der Waals surface area contributed by atoms with E-state index < -0.39 is 0 Å². The second-order valence-electron chi connectivity index (χ2n) is 3.85. The quantitative estimate of drug-likeness (QED) is 0.855. The molecule has 0 radical (unpaired) electrons. The predicted octanol–water partition coefficient (Wildman–Crippen LogP) is 2.18. The summed E-state index contributed by atoms with van der Waals surface area (Å²) in [6.45, 7) is 0.932. The lowest BCUT2D eigenvalue weighted by Gasteiger charge is -2.11. The maximum absolute atomic E-state index is 11.7. The normalized spacial score (nSPS) is 15.3. The van der Waals surface area contributed by atoms with Crippen molar-refractivity contribution in [2.75, 3.05) is 13.7 Å². The molecule has 0 atom stereocenters. The highest BCUT2D eigenvalue weighted by molar-refractivity contribution is 9.10. The lowest BCUT2D eigenvalue weighted by atomic mass is 10.2. The molecule has 4 nitrogen and oxygen atoms in total. The molecular formula is C12H13BrN2O2. The Balaban J connectivity index is 2.03. The lowest BCUT2D eigenvalue weighted by Crippen LogP contribution is -2.20. The van der Waals surface area contributed by atoms with E-state index in [0.717, 1.165) is 15.7 Å². The molecule has 5 heteroatoms. The van der Waals surface area contributed by atoms with E-state index in [-0.39, 0.29) is 5.91 Å². The van der Waals surface area contributed by atoms with Gasteiger partial charge in [-0.2, -0.15) is 5.10 Å². The molecule has 0 bridgehead atoms. The molecule has 1 heterocycles. The zero-order valence-corrected chi connectivity index (χ0v) is 11.1. The number of ether oxygens (including phenoxy) is 1. The third-order valence-corrected chi connectivity index (χ3v) is 2.99. The fourth-order valence-electron chi connectivity index (χ4n) is 1.66. The van der Waals surface area contributed by atoms with Crippen LogP contribution in [0.5, 0.6) is 0 Å². The SMILES string of the molecule is COCC1=NN(Cc2ccc(Br)cc2)C(=O)C1. The summed E-state index contributed by atoms with van der Waals surface area (Å²) < 4.78 is 6.00. The predicted molar refractivity (Wildman–Crippen MR) is 68.6 cm³/mol. The Morgan fingerprint density at radius 3 is 2.76 bits per heavy atom.